The van der Waals surface area contributed by atoms with E-state index in [4.69, 9.17) is 30.3 Å². The second kappa shape index (κ2) is 10.8. The summed E-state index contributed by atoms with van der Waals surface area (Å²) in [6.45, 7) is 2.22. The number of oxime groups is 1. The zero-order valence-electron chi connectivity index (χ0n) is 16.3. The molecule has 2 aromatic rings. The van der Waals surface area contributed by atoms with E-state index in [0.717, 1.165) is 0 Å². The van der Waals surface area contributed by atoms with E-state index in [1.165, 1.54) is 7.11 Å². The molecule has 1 unspecified atom stereocenters. The first-order valence-corrected chi connectivity index (χ1v) is 8.96. The SMILES string of the molecule is CCOc1ccc(OCCO)c(C(Nc2ccc(/C(N)=N/O)cc2)C(=O)OC)c1. The Hall–Kier alpha value is -3.46. The molecule has 0 spiro atoms. The van der Waals surface area contributed by atoms with Crippen LogP contribution >= 0.6 is 0 Å². The molecular formula is C20H25N3O6. The number of carbonyl (C=O) groups excluding carboxylic acids is 1. The number of methoxy groups -OCH3 is 1. The van der Waals surface area contributed by atoms with E-state index in [1.54, 1.807) is 42.5 Å². The fourth-order valence-corrected chi connectivity index (χ4v) is 2.64. The molecule has 0 bridgehead atoms. The number of nitrogens with one attached hydrogen (secondary N) is 1. The summed E-state index contributed by atoms with van der Waals surface area (Å²) in [6, 6.07) is 10.8. The molecule has 5 N–H and O–H groups in total. The van der Waals surface area contributed by atoms with Gasteiger partial charge in [-0.1, -0.05) is 5.16 Å². The van der Waals surface area contributed by atoms with Crippen molar-refractivity contribution in [3.63, 3.8) is 0 Å². The van der Waals surface area contributed by atoms with E-state index < -0.39 is 12.0 Å². The van der Waals surface area contributed by atoms with Crippen LogP contribution in [-0.2, 0) is 9.53 Å². The number of benzene rings is 2. The Balaban J connectivity index is 2.40. The minimum atomic E-state index is -0.899. The molecule has 0 saturated carbocycles. The Morgan fingerprint density at radius 1 is 1.21 bits per heavy atom. The molecule has 0 aliphatic carbocycles. The number of rotatable bonds is 10. The first-order chi connectivity index (χ1) is 14.0. The van der Waals surface area contributed by atoms with Gasteiger partial charge in [-0.25, -0.2) is 4.79 Å². The number of esters is 1. The van der Waals surface area contributed by atoms with Crippen molar-refractivity contribution in [2.75, 3.05) is 32.2 Å². The molecule has 29 heavy (non-hydrogen) atoms. The zero-order valence-corrected chi connectivity index (χ0v) is 16.3. The third-order valence-electron chi connectivity index (χ3n) is 3.99. The normalized spacial score (nSPS) is 12.2. The van der Waals surface area contributed by atoms with Crippen molar-refractivity contribution >= 4 is 17.5 Å². The van der Waals surface area contributed by atoms with Crippen LogP contribution in [0.5, 0.6) is 11.5 Å². The number of ether oxygens (including phenoxy) is 3. The van der Waals surface area contributed by atoms with Crippen LogP contribution in [0.1, 0.15) is 24.1 Å². The number of amidine groups is 1. The van der Waals surface area contributed by atoms with E-state index in [2.05, 4.69) is 10.5 Å². The van der Waals surface area contributed by atoms with Crippen LogP contribution in [-0.4, -0.2) is 49.0 Å². The van der Waals surface area contributed by atoms with Crippen LogP contribution in [0.3, 0.4) is 0 Å². The molecule has 2 rings (SSSR count). The number of hydrogen-bond acceptors (Lipinski definition) is 8. The fraction of sp³-hybridized carbons (Fsp3) is 0.300. The topological polar surface area (TPSA) is 136 Å². The minimum Gasteiger partial charge on any atom is -0.494 e. The Morgan fingerprint density at radius 3 is 2.52 bits per heavy atom. The first kappa shape index (κ1) is 21.8. The molecule has 0 aliphatic rings. The standard InChI is InChI=1S/C20H25N3O6/c1-3-28-15-8-9-17(29-11-10-24)16(12-15)18(20(25)27-2)22-14-6-4-13(5-7-14)19(21)23-26/h4-9,12,18,22,24,26H,3,10-11H2,1-2H3,(H2,21,23). The number of aliphatic hydroxyl groups is 1. The van der Waals surface area contributed by atoms with Gasteiger partial charge >= 0.3 is 5.97 Å². The van der Waals surface area contributed by atoms with Gasteiger partial charge in [0.05, 0.1) is 20.3 Å². The average Bonchev–Trinajstić information content (AvgIpc) is 2.76. The largest absolute Gasteiger partial charge is 0.494 e. The van der Waals surface area contributed by atoms with Crippen LogP contribution in [0, 0.1) is 0 Å². The molecule has 0 aromatic heterocycles. The lowest BCUT2D eigenvalue weighted by molar-refractivity contribution is -0.141. The van der Waals surface area contributed by atoms with Crippen molar-refractivity contribution in [3.05, 3.63) is 53.6 Å². The third-order valence-corrected chi connectivity index (χ3v) is 3.99. The van der Waals surface area contributed by atoms with Crippen molar-refractivity contribution < 1.29 is 29.3 Å². The molecular weight excluding hydrogens is 378 g/mol. The van der Waals surface area contributed by atoms with Gasteiger partial charge in [-0.2, -0.15) is 0 Å². The maximum Gasteiger partial charge on any atom is 0.333 e. The van der Waals surface area contributed by atoms with Crippen molar-refractivity contribution in [1.82, 2.24) is 0 Å². The number of nitrogens with zero attached hydrogens (tertiary/aromatic N) is 1. The van der Waals surface area contributed by atoms with Gasteiger partial charge in [0.2, 0.25) is 0 Å². The summed E-state index contributed by atoms with van der Waals surface area (Å²) in [5, 5.41) is 23.9. The summed E-state index contributed by atoms with van der Waals surface area (Å²) in [4.78, 5) is 12.5. The van der Waals surface area contributed by atoms with Crippen LogP contribution < -0.4 is 20.5 Å². The maximum absolute atomic E-state index is 12.5. The average molecular weight is 403 g/mol. The Morgan fingerprint density at radius 2 is 1.93 bits per heavy atom. The van der Waals surface area contributed by atoms with Crippen molar-refractivity contribution in [2.24, 2.45) is 10.9 Å². The van der Waals surface area contributed by atoms with E-state index in [-0.39, 0.29) is 19.0 Å². The highest BCUT2D eigenvalue weighted by Crippen LogP contribution is 2.33. The maximum atomic E-state index is 12.5. The number of anilines is 1. The van der Waals surface area contributed by atoms with E-state index in [1.807, 2.05) is 6.92 Å². The first-order valence-electron chi connectivity index (χ1n) is 8.96. The summed E-state index contributed by atoms with van der Waals surface area (Å²) in [5.41, 5.74) is 7.20. The molecule has 9 nitrogen and oxygen atoms in total. The van der Waals surface area contributed by atoms with E-state index >= 15 is 0 Å². The van der Waals surface area contributed by atoms with Crippen LogP contribution in [0.2, 0.25) is 0 Å². The molecule has 2 aromatic carbocycles. The molecule has 0 fully saturated rings. The highest BCUT2D eigenvalue weighted by Gasteiger charge is 2.26. The van der Waals surface area contributed by atoms with Gasteiger partial charge in [0.1, 0.15) is 18.1 Å². The molecule has 0 saturated heterocycles. The zero-order chi connectivity index (χ0) is 21.2. The summed E-state index contributed by atoms with van der Waals surface area (Å²) >= 11 is 0. The molecule has 156 valence electrons. The molecule has 0 heterocycles. The summed E-state index contributed by atoms with van der Waals surface area (Å²) in [7, 11) is 1.29. The Bertz CT molecular complexity index is 839. The second-order valence-corrected chi connectivity index (χ2v) is 5.87. The van der Waals surface area contributed by atoms with Crippen molar-refractivity contribution in [3.8, 4) is 11.5 Å². The van der Waals surface area contributed by atoms with Crippen molar-refractivity contribution in [2.45, 2.75) is 13.0 Å². The fourth-order valence-electron chi connectivity index (χ4n) is 2.64. The Kier molecular flexibility index (Phi) is 8.11. The van der Waals surface area contributed by atoms with Gasteiger partial charge in [-0.05, 0) is 49.4 Å². The van der Waals surface area contributed by atoms with Crippen LogP contribution in [0.15, 0.2) is 47.6 Å². The quantitative estimate of drug-likeness (QED) is 0.155. The highest BCUT2D eigenvalue weighted by molar-refractivity contribution is 5.97. The number of carbonyl (C=O) groups is 1. The number of aliphatic hydroxyl groups excluding tert-OH is 1. The van der Waals surface area contributed by atoms with Crippen LogP contribution in [0.4, 0.5) is 5.69 Å². The van der Waals surface area contributed by atoms with Gasteiger partial charge in [-0.15, -0.1) is 0 Å². The van der Waals surface area contributed by atoms with Gasteiger partial charge < -0.3 is 35.6 Å². The van der Waals surface area contributed by atoms with Crippen molar-refractivity contribution in [1.29, 1.82) is 0 Å². The molecule has 0 radical (unpaired) electrons. The summed E-state index contributed by atoms with van der Waals surface area (Å²) in [5.74, 6) is 0.425. The van der Waals surface area contributed by atoms with E-state index in [0.29, 0.717) is 34.9 Å². The summed E-state index contributed by atoms with van der Waals surface area (Å²) < 4.78 is 16.1. The van der Waals surface area contributed by atoms with Gasteiger partial charge in [-0.3, -0.25) is 0 Å². The predicted octanol–water partition coefficient (Wildman–Crippen LogP) is 1.88. The lowest BCUT2D eigenvalue weighted by Gasteiger charge is -2.22. The van der Waals surface area contributed by atoms with Crippen LogP contribution in [0.25, 0.3) is 0 Å². The van der Waals surface area contributed by atoms with Gasteiger partial charge in [0, 0.05) is 16.8 Å². The third kappa shape index (κ3) is 5.76. The summed E-state index contributed by atoms with van der Waals surface area (Å²) in [6.07, 6.45) is 0. The Labute approximate surface area is 168 Å². The lowest BCUT2D eigenvalue weighted by atomic mass is 10.0. The van der Waals surface area contributed by atoms with Gasteiger partial charge in [0.15, 0.2) is 11.9 Å². The predicted molar refractivity (Wildman–Crippen MR) is 108 cm³/mol. The smallest absolute Gasteiger partial charge is 0.333 e. The molecule has 0 aliphatic heterocycles. The minimum absolute atomic E-state index is 0.0230. The molecule has 0 amide bonds. The highest BCUT2D eigenvalue weighted by atomic mass is 16.5. The second-order valence-electron chi connectivity index (χ2n) is 5.87. The molecule has 1 atom stereocenters. The number of hydrogen-bond donors (Lipinski definition) is 4. The van der Waals surface area contributed by atoms with Gasteiger partial charge in [0.25, 0.3) is 0 Å². The van der Waals surface area contributed by atoms with E-state index in [9.17, 15) is 4.79 Å². The lowest BCUT2D eigenvalue weighted by Crippen LogP contribution is -2.23. The monoisotopic (exact) mass is 403 g/mol. The number of nitrogens with two attached hydrogens (primary N) is 1. The molecule has 9 heteroatoms.